The van der Waals surface area contributed by atoms with E-state index >= 15 is 0 Å². The van der Waals surface area contributed by atoms with Crippen molar-refractivity contribution in [1.82, 2.24) is 20.1 Å². The molecule has 136 valence electrons. The number of nitrogens with one attached hydrogen (secondary N) is 1. The summed E-state index contributed by atoms with van der Waals surface area (Å²) in [5, 5.41) is 4.69. The summed E-state index contributed by atoms with van der Waals surface area (Å²) in [5.74, 6) is 1.27. The first-order chi connectivity index (χ1) is 13.7. The van der Waals surface area contributed by atoms with Crippen molar-refractivity contribution in [3.8, 4) is 34.2 Å². The maximum absolute atomic E-state index is 13.4. The topological polar surface area (TPSA) is 67.6 Å². The van der Waals surface area contributed by atoms with Gasteiger partial charge in [0.05, 0.1) is 11.0 Å². The molecule has 7 heteroatoms. The lowest BCUT2D eigenvalue weighted by Gasteiger charge is -1.98. The highest BCUT2D eigenvalue weighted by Gasteiger charge is 2.12. The van der Waals surface area contributed by atoms with Crippen LogP contribution in [0.2, 0.25) is 5.02 Å². The Morgan fingerprint density at radius 1 is 0.821 bits per heavy atom. The van der Waals surface area contributed by atoms with Crippen LogP contribution in [-0.2, 0) is 0 Å². The molecule has 0 spiro atoms. The third-order valence-electron chi connectivity index (χ3n) is 4.38. The smallest absolute Gasteiger partial charge is 0.258 e. The van der Waals surface area contributed by atoms with Gasteiger partial charge in [0.15, 0.2) is 0 Å². The molecule has 0 aliphatic heterocycles. The normalized spacial score (nSPS) is 11.2. The van der Waals surface area contributed by atoms with E-state index in [1.54, 1.807) is 18.2 Å². The number of aromatic amines is 1. The van der Waals surface area contributed by atoms with E-state index in [4.69, 9.17) is 16.1 Å². The van der Waals surface area contributed by atoms with Crippen LogP contribution in [0.1, 0.15) is 0 Å². The molecule has 28 heavy (non-hydrogen) atoms. The number of rotatable bonds is 3. The molecule has 3 aromatic carbocycles. The monoisotopic (exact) mass is 390 g/mol. The molecule has 0 saturated carbocycles. The Kier molecular flexibility index (Phi) is 3.91. The Hall–Kier alpha value is -3.51. The van der Waals surface area contributed by atoms with Crippen molar-refractivity contribution in [3.05, 3.63) is 77.6 Å². The second-order valence-corrected chi connectivity index (χ2v) is 6.69. The first-order valence-corrected chi connectivity index (χ1v) is 8.89. The summed E-state index contributed by atoms with van der Waals surface area (Å²) in [7, 11) is 0. The minimum absolute atomic E-state index is 0.311. The number of benzene rings is 3. The molecule has 0 radical (unpaired) electrons. The minimum atomic E-state index is -0.311. The molecule has 0 fully saturated rings. The van der Waals surface area contributed by atoms with Crippen LogP contribution in [0.4, 0.5) is 4.39 Å². The summed E-state index contributed by atoms with van der Waals surface area (Å²) in [6.07, 6.45) is 0. The van der Waals surface area contributed by atoms with E-state index in [0.29, 0.717) is 28.1 Å². The van der Waals surface area contributed by atoms with Gasteiger partial charge >= 0.3 is 0 Å². The Morgan fingerprint density at radius 3 is 2.32 bits per heavy atom. The van der Waals surface area contributed by atoms with E-state index in [-0.39, 0.29) is 5.82 Å². The van der Waals surface area contributed by atoms with Gasteiger partial charge in [-0.05, 0) is 36.4 Å². The molecule has 0 saturated heterocycles. The Labute approximate surface area is 163 Å². The van der Waals surface area contributed by atoms with Crippen LogP contribution in [-0.4, -0.2) is 20.1 Å². The largest absolute Gasteiger partial charge is 0.338 e. The number of halogens is 2. The van der Waals surface area contributed by atoms with E-state index < -0.39 is 0 Å². The lowest BCUT2D eigenvalue weighted by molar-refractivity contribution is 0.432. The highest BCUT2D eigenvalue weighted by molar-refractivity contribution is 6.30. The van der Waals surface area contributed by atoms with Crippen LogP contribution in [0.3, 0.4) is 0 Å². The molecule has 0 aliphatic rings. The van der Waals surface area contributed by atoms with Crippen molar-refractivity contribution in [2.24, 2.45) is 0 Å². The number of hydrogen-bond acceptors (Lipinski definition) is 4. The zero-order valence-electron chi connectivity index (χ0n) is 14.4. The zero-order chi connectivity index (χ0) is 19.1. The lowest BCUT2D eigenvalue weighted by atomic mass is 10.1. The van der Waals surface area contributed by atoms with E-state index in [9.17, 15) is 4.39 Å². The van der Waals surface area contributed by atoms with Gasteiger partial charge in [-0.2, -0.15) is 4.98 Å². The molecule has 2 heterocycles. The molecule has 2 aromatic heterocycles. The van der Waals surface area contributed by atoms with Gasteiger partial charge < -0.3 is 9.51 Å². The van der Waals surface area contributed by atoms with Gasteiger partial charge in [-0.3, -0.25) is 0 Å². The Bertz CT molecular complexity index is 1280. The summed E-state index contributed by atoms with van der Waals surface area (Å²) in [6, 6.07) is 19.3. The van der Waals surface area contributed by atoms with Gasteiger partial charge in [0.1, 0.15) is 11.6 Å². The van der Waals surface area contributed by atoms with Crippen molar-refractivity contribution in [2.75, 3.05) is 0 Å². The number of nitrogens with zero attached hydrogens (tertiary/aromatic N) is 3. The van der Waals surface area contributed by atoms with Crippen LogP contribution in [0.15, 0.2) is 71.3 Å². The van der Waals surface area contributed by atoms with Crippen molar-refractivity contribution < 1.29 is 8.91 Å². The predicted octanol–water partition coefficient (Wildman–Crippen LogP) is 5.74. The van der Waals surface area contributed by atoms with Crippen LogP contribution in [0.25, 0.3) is 45.3 Å². The molecule has 0 bridgehead atoms. The van der Waals surface area contributed by atoms with Gasteiger partial charge in [0, 0.05) is 27.8 Å². The van der Waals surface area contributed by atoms with Crippen molar-refractivity contribution in [3.63, 3.8) is 0 Å². The molecule has 0 unspecified atom stereocenters. The van der Waals surface area contributed by atoms with E-state index in [2.05, 4.69) is 20.1 Å². The first kappa shape index (κ1) is 16.6. The predicted molar refractivity (Wildman–Crippen MR) is 105 cm³/mol. The van der Waals surface area contributed by atoms with E-state index in [1.807, 2.05) is 36.4 Å². The molecule has 5 nitrogen and oxygen atoms in total. The summed E-state index contributed by atoms with van der Waals surface area (Å²) in [6.45, 7) is 0. The first-order valence-electron chi connectivity index (χ1n) is 8.51. The van der Waals surface area contributed by atoms with Crippen molar-refractivity contribution in [2.45, 2.75) is 0 Å². The molecule has 5 aromatic rings. The Balaban J connectivity index is 1.44. The average molecular weight is 391 g/mol. The van der Waals surface area contributed by atoms with Gasteiger partial charge in [0.25, 0.3) is 5.89 Å². The van der Waals surface area contributed by atoms with Gasteiger partial charge in [-0.1, -0.05) is 41.0 Å². The average Bonchev–Trinajstić information content (AvgIpc) is 3.36. The van der Waals surface area contributed by atoms with Gasteiger partial charge in [-0.25, -0.2) is 9.37 Å². The molecular formula is C21H12ClFN4O. The highest BCUT2D eigenvalue weighted by Crippen LogP contribution is 2.26. The van der Waals surface area contributed by atoms with Crippen LogP contribution in [0.5, 0.6) is 0 Å². The molecule has 0 amide bonds. The summed E-state index contributed by atoms with van der Waals surface area (Å²) in [4.78, 5) is 12.1. The maximum atomic E-state index is 13.4. The third-order valence-corrected chi connectivity index (χ3v) is 4.63. The van der Waals surface area contributed by atoms with E-state index in [1.165, 1.54) is 12.1 Å². The fourth-order valence-corrected chi connectivity index (χ4v) is 3.07. The van der Waals surface area contributed by atoms with Crippen LogP contribution in [0, 0.1) is 5.82 Å². The maximum Gasteiger partial charge on any atom is 0.258 e. The molecule has 1 N–H and O–H groups in total. The number of imidazole rings is 1. The lowest BCUT2D eigenvalue weighted by Crippen LogP contribution is -1.84. The van der Waals surface area contributed by atoms with Gasteiger partial charge in [0.2, 0.25) is 5.82 Å². The fraction of sp³-hybridized carbons (Fsp3) is 0. The van der Waals surface area contributed by atoms with Crippen LogP contribution >= 0.6 is 11.6 Å². The highest BCUT2D eigenvalue weighted by atomic mass is 35.5. The zero-order valence-corrected chi connectivity index (χ0v) is 15.1. The molecule has 0 atom stereocenters. The number of H-pyrrole nitrogens is 1. The third kappa shape index (κ3) is 3.04. The van der Waals surface area contributed by atoms with Crippen molar-refractivity contribution in [1.29, 1.82) is 0 Å². The minimum Gasteiger partial charge on any atom is -0.338 e. The van der Waals surface area contributed by atoms with Gasteiger partial charge in [-0.15, -0.1) is 0 Å². The molecule has 0 aliphatic carbocycles. The summed E-state index contributed by atoms with van der Waals surface area (Å²) >= 11 is 5.91. The second kappa shape index (κ2) is 6.58. The summed E-state index contributed by atoms with van der Waals surface area (Å²) in [5.41, 5.74) is 3.86. The van der Waals surface area contributed by atoms with Crippen LogP contribution < -0.4 is 0 Å². The quantitative estimate of drug-likeness (QED) is 0.426. The standard InChI is InChI=1S/C21H12ClFN4O/c22-15-7-5-14(6-8-15)21-26-20(27-28-21)13-3-1-12(2-4-13)19-24-17-10-9-16(23)11-18(17)25-19/h1-11H,(H,24,25). The second-order valence-electron chi connectivity index (χ2n) is 6.25. The Morgan fingerprint density at radius 2 is 1.54 bits per heavy atom. The fourth-order valence-electron chi connectivity index (χ4n) is 2.94. The number of aromatic nitrogens is 4. The molecule has 5 rings (SSSR count). The van der Waals surface area contributed by atoms with Crippen molar-refractivity contribution >= 4 is 22.6 Å². The number of fused-ring (bicyclic) bond motifs is 1. The SMILES string of the molecule is Fc1ccc2[nH]c(-c3ccc(-c4noc(-c5ccc(Cl)cc5)n4)cc3)nc2c1. The van der Waals surface area contributed by atoms with E-state index in [0.717, 1.165) is 22.2 Å². The summed E-state index contributed by atoms with van der Waals surface area (Å²) < 4.78 is 18.7. The number of hydrogen-bond donors (Lipinski definition) is 1. The molecular weight excluding hydrogens is 379 g/mol.